The normalized spacial score (nSPS) is 23.3. The van der Waals surface area contributed by atoms with E-state index in [0.717, 1.165) is 11.1 Å². The van der Waals surface area contributed by atoms with Crippen LogP contribution >= 0.6 is 0 Å². The Labute approximate surface area is 142 Å². The van der Waals surface area contributed by atoms with Gasteiger partial charge in [0.15, 0.2) is 0 Å². The third kappa shape index (κ3) is 2.43. The van der Waals surface area contributed by atoms with E-state index in [1.165, 1.54) is 0 Å². The van der Waals surface area contributed by atoms with Crippen LogP contribution in [0.2, 0.25) is 0 Å². The molecule has 0 aromatic heterocycles. The van der Waals surface area contributed by atoms with Crippen LogP contribution in [0.4, 0.5) is 0 Å². The van der Waals surface area contributed by atoms with Crippen molar-refractivity contribution in [3.63, 3.8) is 0 Å². The Bertz CT molecular complexity index is 743. The van der Waals surface area contributed by atoms with Crippen LogP contribution in [0.15, 0.2) is 18.2 Å². The third-order valence-corrected chi connectivity index (χ3v) is 5.12. The Morgan fingerprint density at radius 2 is 1.83 bits per heavy atom. The number of nitrogens with one attached hydrogen (secondary N) is 1. The summed E-state index contributed by atoms with van der Waals surface area (Å²) in [6.07, 6.45) is 0.639. The van der Waals surface area contributed by atoms with Crippen molar-refractivity contribution in [2.45, 2.75) is 64.5 Å². The number of fused-ring (bicyclic) bond motifs is 1. The van der Waals surface area contributed by atoms with Crippen molar-refractivity contribution in [3.05, 3.63) is 34.9 Å². The lowest BCUT2D eigenvalue weighted by Crippen LogP contribution is -2.57. The van der Waals surface area contributed by atoms with Crippen LogP contribution in [0.1, 0.15) is 68.9 Å². The Morgan fingerprint density at radius 1 is 1.17 bits per heavy atom. The van der Waals surface area contributed by atoms with Gasteiger partial charge in [-0.25, -0.2) is 0 Å². The molecular weight excluding hydrogens is 304 g/mol. The SMILES string of the molecule is CC(C)(C)c1ccc2c(c1)C(C)(C)N(C1CCC(=O)NC1=O)C2=O. The fourth-order valence-corrected chi connectivity index (χ4v) is 3.68. The zero-order chi connectivity index (χ0) is 17.9. The molecule has 1 fully saturated rings. The summed E-state index contributed by atoms with van der Waals surface area (Å²) in [6.45, 7) is 10.3. The summed E-state index contributed by atoms with van der Waals surface area (Å²) < 4.78 is 0. The molecule has 5 heteroatoms. The minimum Gasteiger partial charge on any atom is -0.317 e. The molecule has 1 atom stereocenters. The topological polar surface area (TPSA) is 66.5 Å². The molecule has 5 nitrogen and oxygen atoms in total. The van der Waals surface area contributed by atoms with E-state index >= 15 is 0 Å². The minimum absolute atomic E-state index is 0.0176. The summed E-state index contributed by atoms with van der Waals surface area (Å²) in [5, 5.41) is 2.36. The number of carbonyl (C=O) groups excluding carboxylic acids is 3. The van der Waals surface area contributed by atoms with Crippen LogP contribution in [-0.2, 0) is 20.5 Å². The van der Waals surface area contributed by atoms with E-state index in [-0.39, 0.29) is 29.6 Å². The van der Waals surface area contributed by atoms with Gasteiger partial charge < -0.3 is 4.90 Å². The highest BCUT2D eigenvalue weighted by atomic mass is 16.2. The van der Waals surface area contributed by atoms with E-state index in [9.17, 15) is 14.4 Å². The summed E-state index contributed by atoms with van der Waals surface area (Å²) in [7, 11) is 0. The number of hydrogen-bond acceptors (Lipinski definition) is 3. The van der Waals surface area contributed by atoms with Gasteiger partial charge >= 0.3 is 0 Å². The number of hydrogen-bond donors (Lipinski definition) is 1. The van der Waals surface area contributed by atoms with Crippen LogP contribution in [0.5, 0.6) is 0 Å². The van der Waals surface area contributed by atoms with Crippen LogP contribution in [0.25, 0.3) is 0 Å². The van der Waals surface area contributed by atoms with Gasteiger partial charge in [0.1, 0.15) is 6.04 Å². The number of rotatable bonds is 1. The predicted octanol–water partition coefficient (Wildman–Crippen LogP) is 2.48. The summed E-state index contributed by atoms with van der Waals surface area (Å²) in [6, 6.07) is 5.34. The first-order valence-electron chi connectivity index (χ1n) is 8.36. The molecule has 128 valence electrons. The van der Waals surface area contributed by atoms with Crippen molar-refractivity contribution in [1.82, 2.24) is 10.2 Å². The van der Waals surface area contributed by atoms with Crippen molar-refractivity contribution in [2.24, 2.45) is 0 Å². The van der Waals surface area contributed by atoms with Gasteiger partial charge in [-0.2, -0.15) is 0 Å². The number of imide groups is 1. The fourth-order valence-electron chi connectivity index (χ4n) is 3.68. The van der Waals surface area contributed by atoms with Gasteiger partial charge in [-0.1, -0.05) is 32.9 Å². The Kier molecular flexibility index (Phi) is 3.59. The number of carbonyl (C=O) groups is 3. The molecule has 1 saturated heterocycles. The molecule has 3 rings (SSSR count). The van der Waals surface area contributed by atoms with Gasteiger partial charge in [-0.05, 0) is 42.9 Å². The smallest absolute Gasteiger partial charge is 0.255 e. The van der Waals surface area contributed by atoms with Crippen molar-refractivity contribution in [3.8, 4) is 0 Å². The summed E-state index contributed by atoms with van der Waals surface area (Å²) >= 11 is 0. The van der Waals surface area contributed by atoms with Crippen molar-refractivity contribution < 1.29 is 14.4 Å². The van der Waals surface area contributed by atoms with Crippen molar-refractivity contribution >= 4 is 17.7 Å². The Morgan fingerprint density at radius 3 is 2.42 bits per heavy atom. The quantitative estimate of drug-likeness (QED) is 0.806. The zero-order valence-corrected chi connectivity index (χ0v) is 14.9. The van der Waals surface area contributed by atoms with Crippen molar-refractivity contribution in [1.29, 1.82) is 0 Å². The maximum atomic E-state index is 13.0. The third-order valence-electron chi connectivity index (χ3n) is 5.12. The van der Waals surface area contributed by atoms with E-state index in [1.54, 1.807) is 4.90 Å². The van der Waals surface area contributed by atoms with Gasteiger partial charge in [0.05, 0.1) is 5.54 Å². The Hall–Kier alpha value is -2.17. The highest BCUT2D eigenvalue weighted by Crippen LogP contribution is 2.42. The van der Waals surface area contributed by atoms with Gasteiger partial charge in [-0.15, -0.1) is 0 Å². The number of nitrogens with zero attached hydrogens (tertiary/aromatic N) is 1. The molecular formula is C19H24N2O3. The molecule has 0 saturated carbocycles. The molecule has 1 N–H and O–H groups in total. The zero-order valence-electron chi connectivity index (χ0n) is 14.9. The minimum atomic E-state index is -0.601. The Balaban J connectivity index is 2.04. The molecule has 0 aliphatic carbocycles. The maximum Gasteiger partial charge on any atom is 0.255 e. The van der Waals surface area contributed by atoms with Crippen LogP contribution in [0.3, 0.4) is 0 Å². The fraction of sp³-hybridized carbons (Fsp3) is 0.526. The molecule has 0 spiro atoms. The van der Waals surface area contributed by atoms with Crippen LogP contribution < -0.4 is 5.32 Å². The largest absolute Gasteiger partial charge is 0.317 e. The molecule has 1 aromatic rings. The van der Waals surface area contributed by atoms with E-state index < -0.39 is 11.6 Å². The molecule has 2 heterocycles. The molecule has 0 radical (unpaired) electrons. The molecule has 2 aliphatic heterocycles. The van der Waals surface area contributed by atoms with Gasteiger partial charge in [0.2, 0.25) is 11.8 Å². The first-order chi connectivity index (χ1) is 11.0. The second-order valence-electron chi connectivity index (χ2n) is 8.21. The maximum absolute atomic E-state index is 13.0. The monoisotopic (exact) mass is 328 g/mol. The molecule has 2 aliphatic rings. The second kappa shape index (κ2) is 5.16. The number of benzene rings is 1. The van der Waals surface area contributed by atoms with Gasteiger partial charge in [0, 0.05) is 12.0 Å². The van der Waals surface area contributed by atoms with Gasteiger partial charge in [0.25, 0.3) is 5.91 Å². The second-order valence-corrected chi connectivity index (χ2v) is 8.21. The summed E-state index contributed by atoms with van der Waals surface area (Å²) in [5.41, 5.74) is 2.15. The first kappa shape index (κ1) is 16.7. The standard InChI is InChI=1S/C19H24N2O3/c1-18(2,3)11-6-7-12-13(10-11)19(4,5)21(17(12)24)14-8-9-15(22)20-16(14)23/h6-7,10,14H,8-9H2,1-5H3,(H,20,22,23). The lowest BCUT2D eigenvalue weighted by Gasteiger charge is -2.39. The molecule has 1 unspecified atom stereocenters. The van der Waals surface area contributed by atoms with Crippen LogP contribution in [-0.4, -0.2) is 28.7 Å². The van der Waals surface area contributed by atoms with E-state index in [1.807, 2.05) is 26.0 Å². The molecule has 3 amide bonds. The predicted molar refractivity (Wildman–Crippen MR) is 90.5 cm³/mol. The van der Waals surface area contributed by atoms with Crippen LogP contribution in [0, 0.1) is 0 Å². The van der Waals surface area contributed by atoms with Gasteiger partial charge in [-0.3, -0.25) is 19.7 Å². The highest BCUT2D eigenvalue weighted by molar-refractivity contribution is 6.06. The summed E-state index contributed by atoms with van der Waals surface area (Å²) in [4.78, 5) is 38.3. The molecule has 24 heavy (non-hydrogen) atoms. The highest BCUT2D eigenvalue weighted by Gasteiger charge is 2.49. The first-order valence-corrected chi connectivity index (χ1v) is 8.36. The van der Waals surface area contributed by atoms with E-state index in [2.05, 4.69) is 32.2 Å². The lowest BCUT2D eigenvalue weighted by molar-refractivity contribution is -0.138. The average molecular weight is 328 g/mol. The lowest BCUT2D eigenvalue weighted by atomic mass is 9.82. The van der Waals surface area contributed by atoms with Crippen molar-refractivity contribution in [2.75, 3.05) is 0 Å². The molecule has 0 bridgehead atoms. The number of piperidine rings is 1. The number of amides is 3. The summed E-state index contributed by atoms with van der Waals surface area (Å²) in [5.74, 6) is -0.783. The average Bonchev–Trinajstić information content (AvgIpc) is 2.66. The van der Waals surface area contributed by atoms with E-state index in [4.69, 9.17) is 0 Å². The van der Waals surface area contributed by atoms with E-state index in [0.29, 0.717) is 12.0 Å². The molecule has 1 aromatic carbocycles.